The minimum Gasteiger partial charge on any atom is -0.453 e. The molecule has 8 heteroatoms. The summed E-state index contributed by atoms with van der Waals surface area (Å²) in [6, 6.07) is 19.5. The van der Waals surface area contributed by atoms with E-state index in [-0.39, 0.29) is 5.97 Å². The molecule has 0 aromatic heterocycles. The second-order valence-electron chi connectivity index (χ2n) is 9.49. The quantitative estimate of drug-likeness (QED) is 0.387. The maximum atomic E-state index is 13.0. The maximum absolute atomic E-state index is 13.0. The van der Waals surface area contributed by atoms with Crippen molar-refractivity contribution < 1.29 is 28.6 Å². The normalized spacial score (nSPS) is 27.8. The number of esters is 1. The highest BCUT2D eigenvalue weighted by Gasteiger charge is 2.51. The lowest BCUT2D eigenvalue weighted by molar-refractivity contribution is -0.286. The Kier molecular flexibility index (Phi) is 8.49. The van der Waals surface area contributed by atoms with Gasteiger partial charge in [-0.05, 0) is 32.1 Å². The van der Waals surface area contributed by atoms with Crippen LogP contribution < -0.4 is 0 Å². The fourth-order valence-electron chi connectivity index (χ4n) is 3.79. The lowest BCUT2D eigenvalue weighted by atomic mass is 9.95. The van der Waals surface area contributed by atoms with Gasteiger partial charge < -0.3 is 23.8 Å². The second-order valence-corrected chi connectivity index (χ2v) is 10.8. The number of hydrogen-bond donors (Lipinski definition) is 0. The van der Waals surface area contributed by atoms with Crippen molar-refractivity contribution in [1.29, 1.82) is 0 Å². The molecular formula is C27H33NO6S. The summed E-state index contributed by atoms with van der Waals surface area (Å²) in [5.41, 5.74) is 1.23. The van der Waals surface area contributed by atoms with Crippen molar-refractivity contribution >= 4 is 23.4 Å². The SMILES string of the molecule is CCS[C@H]1O[C@@H]2COC(c3ccccc3)O[C@H]2[C@H](OC(=O)C(C)(C)C)/C1=N\OCc1ccccc1. The zero-order chi connectivity index (χ0) is 24.8. The number of nitrogens with zero attached hydrogens (tertiary/aromatic N) is 1. The molecule has 2 heterocycles. The standard InChI is InChI=1S/C27H33NO6S/c1-5-35-25-21(28-31-16-18-12-8-6-9-13-18)23(34-26(29)27(2,3)4)22-20(32-25)17-30-24(33-22)19-14-10-7-11-15-19/h6-15,20,22-25H,5,16-17H2,1-4H3/b28-21+/t20-,22-,23-,24?,25-/m1/s1. The Hall–Kier alpha value is -2.39. The number of carbonyl (C=O) groups excluding carboxylic acids is 1. The van der Waals surface area contributed by atoms with E-state index in [9.17, 15) is 4.79 Å². The van der Waals surface area contributed by atoms with E-state index in [1.807, 2.05) is 88.4 Å². The molecule has 7 nitrogen and oxygen atoms in total. The van der Waals surface area contributed by atoms with E-state index in [0.29, 0.717) is 18.9 Å². The maximum Gasteiger partial charge on any atom is 0.311 e. The largest absolute Gasteiger partial charge is 0.453 e. The van der Waals surface area contributed by atoms with Crippen LogP contribution >= 0.6 is 11.8 Å². The van der Waals surface area contributed by atoms with Gasteiger partial charge in [0.2, 0.25) is 0 Å². The Balaban J connectivity index is 1.63. The Morgan fingerprint density at radius 3 is 2.40 bits per heavy atom. The van der Waals surface area contributed by atoms with Crippen LogP contribution in [0.15, 0.2) is 65.8 Å². The van der Waals surface area contributed by atoms with E-state index in [1.165, 1.54) is 0 Å². The molecular weight excluding hydrogens is 466 g/mol. The second kappa shape index (κ2) is 11.6. The first-order chi connectivity index (χ1) is 16.9. The molecule has 2 aromatic rings. The molecule has 2 aliphatic rings. The average Bonchev–Trinajstić information content (AvgIpc) is 2.86. The van der Waals surface area contributed by atoms with Gasteiger partial charge >= 0.3 is 5.97 Å². The summed E-state index contributed by atoms with van der Waals surface area (Å²) in [6.45, 7) is 8.11. The van der Waals surface area contributed by atoms with Crippen LogP contribution in [0.5, 0.6) is 0 Å². The summed E-state index contributed by atoms with van der Waals surface area (Å²) < 4.78 is 24.8. The highest BCUT2D eigenvalue weighted by atomic mass is 32.2. The highest BCUT2D eigenvalue weighted by molar-refractivity contribution is 8.00. The van der Waals surface area contributed by atoms with Gasteiger partial charge in [0, 0.05) is 5.56 Å². The molecule has 0 bridgehead atoms. The molecule has 0 saturated carbocycles. The molecule has 0 spiro atoms. The molecule has 0 aliphatic carbocycles. The minimum atomic E-state index is -0.768. The van der Waals surface area contributed by atoms with Crippen molar-refractivity contribution in [3.8, 4) is 0 Å². The fourth-order valence-corrected chi connectivity index (χ4v) is 4.66. The van der Waals surface area contributed by atoms with Crippen LogP contribution in [0.3, 0.4) is 0 Å². The molecule has 4 rings (SSSR count). The van der Waals surface area contributed by atoms with Gasteiger partial charge in [-0.15, -0.1) is 11.8 Å². The van der Waals surface area contributed by atoms with Crippen molar-refractivity contribution in [1.82, 2.24) is 0 Å². The number of ether oxygens (including phenoxy) is 4. The van der Waals surface area contributed by atoms with E-state index >= 15 is 0 Å². The molecule has 0 radical (unpaired) electrons. The van der Waals surface area contributed by atoms with Crippen LogP contribution in [0.2, 0.25) is 0 Å². The topological polar surface area (TPSA) is 75.6 Å². The van der Waals surface area contributed by atoms with Gasteiger partial charge in [0.15, 0.2) is 12.4 Å². The highest BCUT2D eigenvalue weighted by Crippen LogP contribution is 2.37. The monoisotopic (exact) mass is 499 g/mol. The number of oxime groups is 1. The summed E-state index contributed by atoms with van der Waals surface area (Å²) in [7, 11) is 0. The van der Waals surface area contributed by atoms with E-state index < -0.39 is 35.5 Å². The summed E-state index contributed by atoms with van der Waals surface area (Å²) >= 11 is 1.56. The Bertz CT molecular complexity index is 994. The zero-order valence-electron chi connectivity index (χ0n) is 20.6. The van der Waals surface area contributed by atoms with Gasteiger partial charge in [-0.3, -0.25) is 4.79 Å². The van der Waals surface area contributed by atoms with Crippen LogP contribution in [0.25, 0.3) is 0 Å². The number of fused-ring (bicyclic) bond motifs is 1. The molecule has 5 atom stereocenters. The summed E-state index contributed by atoms with van der Waals surface area (Å²) in [5.74, 6) is 0.444. The van der Waals surface area contributed by atoms with Crippen LogP contribution in [-0.4, -0.2) is 47.8 Å². The number of hydrogen-bond acceptors (Lipinski definition) is 8. The van der Waals surface area contributed by atoms with Crippen molar-refractivity contribution in [2.75, 3.05) is 12.4 Å². The third-order valence-corrected chi connectivity index (χ3v) is 6.66. The van der Waals surface area contributed by atoms with E-state index in [0.717, 1.165) is 16.9 Å². The van der Waals surface area contributed by atoms with Gasteiger partial charge in [0.1, 0.15) is 30.0 Å². The summed E-state index contributed by atoms with van der Waals surface area (Å²) in [6.07, 6.45) is -2.37. The first kappa shape index (κ1) is 25.7. The predicted octanol–water partition coefficient (Wildman–Crippen LogP) is 5.11. The van der Waals surface area contributed by atoms with E-state index in [1.54, 1.807) is 11.8 Å². The van der Waals surface area contributed by atoms with Crippen LogP contribution in [0.1, 0.15) is 45.1 Å². The Labute approximate surface area is 211 Å². The first-order valence-electron chi connectivity index (χ1n) is 11.9. The lowest BCUT2D eigenvalue weighted by Gasteiger charge is -2.45. The van der Waals surface area contributed by atoms with Gasteiger partial charge in [-0.1, -0.05) is 72.7 Å². The number of thioether (sulfide) groups is 1. The number of benzene rings is 2. The Morgan fingerprint density at radius 2 is 1.74 bits per heavy atom. The smallest absolute Gasteiger partial charge is 0.311 e. The molecule has 35 heavy (non-hydrogen) atoms. The molecule has 2 fully saturated rings. The molecule has 1 unspecified atom stereocenters. The summed E-state index contributed by atoms with van der Waals surface area (Å²) in [5, 5.41) is 4.46. The third-order valence-electron chi connectivity index (χ3n) is 5.67. The average molecular weight is 500 g/mol. The number of rotatable bonds is 7. The van der Waals surface area contributed by atoms with Crippen LogP contribution in [-0.2, 0) is 35.2 Å². The summed E-state index contributed by atoms with van der Waals surface area (Å²) in [4.78, 5) is 18.8. The Morgan fingerprint density at radius 1 is 1.06 bits per heavy atom. The first-order valence-corrected chi connectivity index (χ1v) is 13.0. The van der Waals surface area contributed by atoms with Gasteiger partial charge in [-0.2, -0.15) is 0 Å². The van der Waals surface area contributed by atoms with Crippen molar-refractivity contribution in [3.63, 3.8) is 0 Å². The lowest BCUT2D eigenvalue weighted by Crippen LogP contribution is -2.61. The molecule has 2 saturated heterocycles. The van der Waals surface area contributed by atoms with Crippen molar-refractivity contribution in [2.24, 2.45) is 10.6 Å². The van der Waals surface area contributed by atoms with Crippen molar-refractivity contribution in [2.45, 2.75) is 64.3 Å². The van der Waals surface area contributed by atoms with Crippen LogP contribution in [0, 0.1) is 5.41 Å². The van der Waals surface area contributed by atoms with Gasteiger partial charge in [-0.25, -0.2) is 0 Å². The van der Waals surface area contributed by atoms with Crippen molar-refractivity contribution in [3.05, 3.63) is 71.8 Å². The van der Waals surface area contributed by atoms with Crippen LogP contribution in [0.4, 0.5) is 0 Å². The van der Waals surface area contributed by atoms with Gasteiger partial charge in [0.05, 0.1) is 12.0 Å². The molecule has 0 N–H and O–H groups in total. The fraction of sp³-hybridized carbons (Fsp3) is 0.481. The van der Waals surface area contributed by atoms with E-state index in [4.69, 9.17) is 23.8 Å². The third kappa shape index (κ3) is 6.44. The van der Waals surface area contributed by atoms with E-state index in [2.05, 4.69) is 5.16 Å². The molecule has 2 aromatic carbocycles. The zero-order valence-corrected chi connectivity index (χ0v) is 21.4. The molecule has 0 amide bonds. The van der Waals surface area contributed by atoms with Gasteiger partial charge in [0.25, 0.3) is 0 Å². The minimum absolute atomic E-state index is 0.290. The molecule has 2 aliphatic heterocycles. The predicted molar refractivity (Wildman–Crippen MR) is 135 cm³/mol. The number of carbonyl (C=O) groups is 1. The molecule has 188 valence electrons.